The van der Waals surface area contributed by atoms with Crippen LogP contribution in [0.4, 0.5) is 10.5 Å². The summed E-state index contributed by atoms with van der Waals surface area (Å²) in [6.07, 6.45) is -1.58. The van der Waals surface area contributed by atoms with Crippen LogP contribution in [0.25, 0.3) is 0 Å². The number of piperidine rings is 1. The minimum absolute atomic E-state index is 0.0229. The molecule has 2 aliphatic heterocycles. The highest BCUT2D eigenvalue weighted by Gasteiger charge is 2.49. The number of methoxy groups -OCH3 is 1. The van der Waals surface area contributed by atoms with Crippen LogP contribution in [0.15, 0.2) is 12.1 Å². The maximum absolute atomic E-state index is 12.9. The minimum Gasteiger partial charge on any atom is -0.507 e. The highest BCUT2D eigenvalue weighted by Crippen LogP contribution is 2.37. The van der Waals surface area contributed by atoms with E-state index < -0.39 is 41.5 Å². The summed E-state index contributed by atoms with van der Waals surface area (Å²) < 4.78 is 4.87. The molecule has 28 heavy (non-hydrogen) atoms. The van der Waals surface area contributed by atoms with Gasteiger partial charge in [0.05, 0.1) is 30.0 Å². The second kappa shape index (κ2) is 7.27. The summed E-state index contributed by atoms with van der Waals surface area (Å²) in [6.45, 7) is 0.0741. The third-order valence-electron chi connectivity index (χ3n) is 4.60. The van der Waals surface area contributed by atoms with Crippen molar-refractivity contribution in [3.8, 4) is 5.75 Å². The summed E-state index contributed by atoms with van der Waals surface area (Å²) in [5, 5.41) is 21.0. The van der Waals surface area contributed by atoms with E-state index in [0.29, 0.717) is 4.90 Å². The number of nitrogens with zero attached hydrogens (tertiary/aromatic N) is 2. The van der Waals surface area contributed by atoms with Crippen LogP contribution >= 0.6 is 0 Å². The molecule has 2 aliphatic rings. The Hall–Kier alpha value is -3.47. The van der Waals surface area contributed by atoms with Crippen LogP contribution in [-0.2, 0) is 14.3 Å². The Morgan fingerprint density at radius 3 is 2.54 bits per heavy atom. The molecule has 0 aromatic heterocycles. The lowest BCUT2D eigenvalue weighted by atomic mass is 10.0. The number of phenols is 1. The molecule has 0 radical (unpaired) electrons. The van der Waals surface area contributed by atoms with Gasteiger partial charge in [-0.1, -0.05) is 0 Å². The van der Waals surface area contributed by atoms with Crippen molar-refractivity contribution in [3.05, 3.63) is 23.3 Å². The number of aromatic hydroxyl groups is 1. The van der Waals surface area contributed by atoms with Crippen LogP contribution in [0.2, 0.25) is 0 Å². The zero-order valence-electron chi connectivity index (χ0n) is 14.8. The van der Waals surface area contributed by atoms with Gasteiger partial charge in [0.15, 0.2) is 0 Å². The quantitative estimate of drug-likeness (QED) is 0.476. The molecule has 148 valence electrons. The average Bonchev–Trinajstić information content (AvgIpc) is 2.89. The number of nitrogens with one attached hydrogen (secondary N) is 1. The van der Waals surface area contributed by atoms with Crippen molar-refractivity contribution in [2.45, 2.75) is 18.9 Å². The Labute approximate surface area is 158 Å². The number of hydrogen-bond donors (Lipinski definition) is 3. The third-order valence-corrected chi connectivity index (χ3v) is 4.60. The number of carboxylic acid groups (broad SMARTS) is 1. The summed E-state index contributed by atoms with van der Waals surface area (Å²) in [7, 11) is 1.40. The summed E-state index contributed by atoms with van der Waals surface area (Å²) >= 11 is 0. The van der Waals surface area contributed by atoms with Crippen molar-refractivity contribution in [2.75, 3.05) is 25.6 Å². The largest absolute Gasteiger partial charge is 0.507 e. The summed E-state index contributed by atoms with van der Waals surface area (Å²) in [4.78, 5) is 63.0. The highest BCUT2D eigenvalue weighted by molar-refractivity contribution is 6.27. The summed E-state index contributed by atoms with van der Waals surface area (Å²) in [5.74, 6) is -3.52. The van der Waals surface area contributed by atoms with Crippen LogP contribution in [-0.4, -0.2) is 76.0 Å². The van der Waals surface area contributed by atoms with Gasteiger partial charge in [-0.3, -0.25) is 34.3 Å². The van der Waals surface area contributed by atoms with Crippen LogP contribution in [0.5, 0.6) is 5.75 Å². The lowest BCUT2D eigenvalue weighted by Crippen LogP contribution is -2.56. The molecule has 0 saturated carbocycles. The fourth-order valence-corrected chi connectivity index (χ4v) is 3.34. The van der Waals surface area contributed by atoms with Crippen LogP contribution in [0.3, 0.4) is 0 Å². The van der Waals surface area contributed by atoms with Crippen molar-refractivity contribution in [1.82, 2.24) is 9.80 Å². The zero-order valence-corrected chi connectivity index (χ0v) is 14.8. The van der Waals surface area contributed by atoms with E-state index in [9.17, 15) is 29.1 Å². The number of fused-ring (bicyclic) bond motifs is 1. The monoisotopic (exact) mass is 391 g/mol. The SMILES string of the molecule is COCCN1C(=O)CCC(N2C(=O)c3c(O)ccc(NC(=O)O)c3C2=O)C1=O. The number of carbonyl (C=O) groups excluding carboxylic acids is 4. The molecular formula is C17H17N3O8. The van der Waals surface area contributed by atoms with Gasteiger partial charge in [0.2, 0.25) is 5.91 Å². The molecule has 0 bridgehead atoms. The van der Waals surface area contributed by atoms with Crippen molar-refractivity contribution in [2.24, 2.45) is 0 Å². The molecule has 1 fully saturated rings. The summed E-state index contributed by atoms with van der Waals surface area (Å²) in [5.41, 5.74) is -0.901. The number of amides is 5. The Kier molecular flexibility index (Phi) is 5.01. The molecule has 2 heterocycles. The van der Waals surface area contributed by atoms with E-state index in [2.05, 4.69) is 0 Å². The van der Waals surface area contributed by atoms with Crippen LogP contribution < -0.4 is 5.32 Å². The number of benzene rings is 1. The van der Waals surface area contributed by atoms with E-state index in [4.69, 9.17) is 9.84 Å². The molecule has 11 nitrogen and oxygen atoms in total. The van der Waals surface area contributed by atoms with Crippen LogP contribution in [0.1, 0.15) is 33.6 Å². The standard InChI is InChI=1S/C17H17N3O8/c1-28-7-6-19-11(22)5-3-9(14(19)23)20-15(24)12-8(18-17(26)27)2-4-10(21)13(12)16(20)25/h2,4,9,18,21H,3,5-7H2,1H3,(H,26,27). The summed E-state index contributed by atoms with van der Waals surface area (Å²) in [6, 6.07) is 0.989. The van der Waals surface area contributed by atoms with Crippen molar-refractivity contribution in [3.63, 3.8) is 0 Å². The third kappa shape index (κ3) is 3.05. The first-order valence-electron chi connectivity index (χ1n) is 8.34. The van der Waals surface area contributed by atoms with Crippen molar-refractivity contribution >= 4 is 35.4 Å². The van der Waals surface area contributed by atoms with E-state index in [-0.39, 0.29) is 42.8 Å². The van der Waals surface area contributed by atoms with E-state index in [0.717, 1.165) is 17.0 Å². The number of imide groups is 2. The molecular weight excluding hydrogens is 374 g/mol. The van der Waals surface area contributed by atoms with Crippen molar-refractivity contribution < 1.29 is 38.9 Å². The molecule has 1 aromatic carbocycles. The molecule has 11 heteroatoms. The number of rotatable bonds is 5. The fourth-order valence-electron chi connectivity index (χ4n) is 3.34. The number of hydrogen-bond acceptors (Lipinski definition) is 7. The molecule has 0 spiro atoms. The molecule has 3 N–H and O–H groups in total. The maximum atomic E-state index is 12.9. The topological polar surface area (TPSA) is 154 Å². The number of anilines is 1. The van der Waals surface area contributed by atoms with Gasteiger partial charge in [0, 0.05) is 13.5 Å². The van der Waals surface area contributed by atoms with Gasteiger partial charge in [-0.2, -0.15) is 0 Å². The number of phenolic OH excluding ortho intramolecular Hbond substituents is 1. The van der Waals surface area contributed by atoms with Gasteiger partial charge in [-0.05, 0) is 18.6 Å². The van der Waals surface area contributed by atoms with Crippen molar-refractivity contribution in [1.29, 1.82) is 0 Å². The van der Waals surface area contributed by atoms with Gasteiger partial charge < -0.3 is 14.9 Å². The first kappa shape index (κ1) is 19.3. The first-order valence-corrected chi connectivity index (χ1v) is 8.34. The van der Waals surface area contributed by atoms with E-state index in [1.807, 2.05) is 5.32 Å². The smallest absolute Gasteiger partial charge is 0.409 e. The fraction of sp³-hybridized carbons (Fsp3) is 0.353. The molecule has 1 atom stereocenters. The number of carbonyl (C=O) groups is 5. The Balaban J connectivity index is 1.98. The molecule has 3 rings (SSSR count). The predicted octanol–water partition coefficient (Wildman–Crippen LogP) is 0.242. The Morgan fingerprint density at radius 2 is 1.89 bits per heavy atom. The normalized spacial score (nSPS) is 19.2. The molecule has 5 amide bonds. The van der Waals surface area contributed by atoms with E-state index >= 15 is 0 Å². The second-order valence-corrected chi connectivity index (χ2v) is 6.22. The number of likely N-dealkylation sites (tertiary alicyclic amines) is 1. The first-order chi connectivity index (χ1) is 13.3. The van der Waals surface area contributed by atoms with Gasteiger partial charge >= 0.3 is 6.09 Å². The van der Waals surface area contributed by atoms with Crippen LogP contribution in [0, 0.1) is 0 Å². The van der Waals surface area contributed by atoms with Gasteiger partial charge in [-0.15, -0.1) is 0 Å². The van der Waals surface area contributed by atoms with Gasteiger partial charge in [-0.25, -0.2) is 4.79 Å². The lowest BCUT2D eigenvalue weighted by molar-refractivity contribution is -0.152. The van der Waals surface area contributed by atoms with Gasteiger partial charge in [0.1, 0.15) is 11.8 Å². The molecule has 1 saturated heterocycles. The Morgan fingerprint density at radius 1 is 1.21 bits per heavy atom. The molecule has 1 unspecified atom stereocenters. The molecule has 0 aliphatic carbocycles. The molecule has 1 aromatic rings. The Bertz CT molecular complexity index is 897. The second-order valence-electron chi connectivity index (χ2n) is 6.22. The number of ether oxygens (including phenoxy) is 1. The lowest BCUT2D eigenvalue weighted by Gasteiger charge is -2.34. The van der Waals surface area contributed by atoms with Gasteiger partial charge in [0.25, 0.3) is 17.7 Å². The predicted molar refractivity (Wildman–Crippen MR) is 91.9 cm³/mol. The average molecular weight is 391 g/mol. The minimum atomic E-state index is -1.46. The zero-order chi connectivity index (χ0) is 20.6. The highest BCUT2D eigenvalue weighted by atomic mass is 16.5. The maximum Gasteiger partial charge on any atom is 0.409 e. The van der Waals surface area contributed by atoms with E-state index in [1.165, 1.54) is 7.11 Å². The van der Waals surface area contributed by atoms with E-state index in [1.54, 1.807) is 0 Å².